The SMILES string of the molecule is CCc1ccc([C@@H]2Nc3cc(Cl)ccc3C3=NCCCN32)cc1. The lowest BCUT2D eigenvalue weighted by Gasteiger charge is -2.42. The van der Waals surface area contributed by atoms with E-state index in [0.29, 0.717) is 0 Å². The van der Waals surface area contributed by atoms with Crippen LogP contribution in [-0.4, -0.2) is 23.8 Å². The van der Waals surface area contributed by atoms with Crippen molar-refractivity contribution in [3.05, 3.63) is 64.2 Å². The van der Waals surface area contributed by atoms with E-state index in [1.165, 1.54) is 11.1 Å². The summed E-state index contributed by atoms with van der Waals surface area (Å²) in [5.41, 5.74) is 4.84. The first-order chi connectivity index (χ1) is 11.3. The summed E-state index contributed by atoms with van der Waals surface area (Å²) in [6, 6.07) is 14.9. The minimum Gasteiger partial charge on any atom is -0.361 e. The largest absolute Gasteiger partial charge is 0.361 e. The van der Waals surface area contributed by atoms with Crippen LogP contribution < -0.4 is 5.32 Å². The second kappa shape index (κ2) is 5.89. The van der Waals surface area contributed by atoms with Crippen LogP contribution in [0.4, 0.5) is 5.69 Å². The Morgan fingerprint density at radius 3 is 2.83 bits per heavy atom. The van der Waals surface area contributed by atoms with Crippen LogP contribution in [0.3, 0.4) is 0 Å². The summed E-state index contributed by atoms with van der Waals surface area (Å²) in [6.07, 6.45) is 2.27. The quantitative estimate of drug-likeness (QED) is 0.881. The molecule has 4 heteroatoms. The Bertz CT molecular complexity index is 752. The summed E-state index contributed by atoms with van der Waals surface area (Å²) in [5, 5.41) is 4.40. The van der Waals surface area contributed by atoms with Crippen molar-refractivity contribution < 1.29 is 0 Å². The Hall–Kier alpha value is -2.00. The number of anilines is 1. The third-order valence-corrected chi connectivity index (χ3v) is 4.86. The van der Waals surface area contributed by atoms with Gasteiger partial charge in [0, 0.05) is 29.4 Å². The topological polar surface area (TPSA) is 27.6 Å². The van der Waals surface area contributed by atoms with Crippen LogP contribution in [0.5, 0.6) is 0 Å². The summed E-state index contributed by atoms with van der Waals surface area (Å²) in [4.78, 5) is 7.17. The average molecular weight is 326 g/mol. The van der Waals surface area contributed by atoms with E-state index in [1.54, 1.807) is 0 Å². The fourth-order valence-corrected chi connectivity index (χ4v) is 3.54. The van der Waals surface area contributed by atoms with E-state index in [4.69, 9.17) is 16.6 Å². The highest BCUT2D eigenvalue weighted by Gasteiger charge is 2.32. The molecule has 23 heavy (non-hydrogen) atoms. The van der Waals surface area contributed by atoms with E-state index in [-0.39, 0.29) is 6.17 Å². The predicted molar refractivity (Wildman–Crippen MR) is 96.4 cm³/mol. The number of nitrogens with one attached hydrogen (secondary N) is 1. The molecule has 1 atom stereocenters. The molecule has 2 aliphatic heterocycles. The lowest BCUT2D eigenvalue weighted by atomic mass is 10.0. The summed E-state index contributed by atoms with van der Waals surface area (Å²) in [7, 11) is 0. The maximum atomic E-state index is 6.19. The third kappa shape index (κ3) is 2.59. The maximum absolute atomic E-state index is 6.19. The van der Waals surface area contributed by atoms with Gasteiger partial charge < -0.3 is 10.2 Å². The summed E-state index contributed by atoms with van der Waals surface area (Å²) >= 11 is 6.19. The van der Waals surface area contributed by atoms with Gasteiger partial charge in [0.1, 0.15) is 12.0 Å². The minimum atomic E-state index is 0.117. The van der Waals surface area contributed by atoms with Gasteiger partial charge in [0.05, 0.1) is 0 Å². The van der Waals surface area contributed by atoms with Gasteiger partial charge in [-0.3, -0.25) is 4.99 Å². The average Bonchev–Trinajstić information content (AvgIpc) is 2.61. The predicted octanol–water partition coefficient (Wildman–Crippen LogP) is 4.48. The number of hydrogen-bond donors (Lipinski definition) is 1. The van der Waals surface area contributed by atoms with Gasteiger partial charge in [0.15, 0.2) is 0 Å². The van der Waals surface area contributed by atoms with E-state index in [9.17, 15) is 0 Å². The number of nitrogens with zero attached hydrogens (tertiary/aromatic N) is 2. The van der Waals surface area contributed by atoms with Crippen molar-refractivity contribution in [2.24, 2.45) is 4.99 Å². The van der Waals surface area contributed by atoms with Crippen LogP contribution in [0.2, 0.25) is 5.02 Å². The molecule has 0 amide bonds. The van der Waals surface area contributed by atoms with Crippen molar-refractivity contribution in [3.8, 4) is 0 Å². The first kappa shape index (κ1) is 14.6. The van der Waals surface area contributed by atoms with Crippen LogP contribution in [0, 0.1) is 0 Å². The van der Waals surface area contributed by atoms with Crippen LogP contribution in [0.15, 0.2) is 47.5 Å². The van der Waals surface area contributed by atoms with Gasteiger partial charge in [0.25, 0.3) is 0 Å². The molecule has 2 heterocycles. The molecule has 118 valence electrons. The van der Waals surface area contributed by atoms with Crippen LogP contribution >= 0.6 is 11.6 Å². The molecular weight excluding hydrogens is 306 g/mol. The molecule has 0 fully saturated rings. The fraction of sp³-hybridized carbons (Fsp3) is 0.316. The smallest absolute Gasteiger partial charge is 0.134 e. The molecular formula is C19H20ClN3. The lowest BCUT2D eigenvalue weighted by molar-refractivity contribution is 0.322. The van der Waals surface area contributed by atoms with Gasteiger partial charge in [-0.2, -0.15) is 0 Å². The fourth-order valence-electron chi connectivity index (χ4n) is 3.37. The molecule has 4 rings (SSSR count). The highest BCUT2D eigenvalue weighted by atomic mass is 35.5. The van der Waals surface area contributed by atoms with Crippen molar-refractivity contribution in [2.45, 2.75) is 25.9 Å². The number of rotatable bonds is 2. The molecule has 0 saturated heterocycles. The van der Waals surface area contributed by atoms with Gasteiger partial charge in [-0.15, -0.1) is 0 Å². The second-order valence-electron chi connectivity index (χ2n) is 6.08. The molecule has 0 aliphatic carbocycles. The molecule has 0 spiro atoms. The Balaban J connectivity index is 1.78. The maximum Gasteiger partial charge on any atom is 0.134 e. The van der Waals surface area contributed by atoms with Crippen molar-refractivity contribution in [1.82, 2.24) is 4.90 Å². The van der Waals surface area contributed by atoms with E-state index < -0.39 is 0 Å². The lowest BCUT2D eigenvalue weighted by Crippen LogP contribution is -2.46. The van der Waals surface area contributed by atoms with Gasteiger partial charge in [-0.1, -0.05) is 42.8 Å². The molecule has 1 N–H and O–H groups in total. The molecule has 2 aromatic carbocycles. The standard InChI is InChI=1S/C19H20ClN3/c1-2-13-4-6-14(7-5-13)18-22-17-12-15(20)8-9-16(17)19-21-10-3-11-23(18)19/h4-9,12,18,22H,2-3,10-11H2,1H3/t18-/m1/s1. The zero-order valence-electron chi connectivity index (χ0n) is 13.2. The van der Waals surface area contributed by atoms with E-state index in [2.05, 4.69) is 47.5 Å². The number of amidine groups is 1. The van der Waals surface area contributed by atoms with Gasteiger partial charge in [0.2, 0.25) is 0 Å². The van der Waals surface area contributed by atoms with E-state index in [0.717, 1.165) is 48.0 Å². The van der Waals surface area contributed by atoms with Crippen molar-refractivity contribution in [1.29, 1.82) is 0 Å². The van der Waals surface area contributed by atoms with Crippen LogP contribution in [0.1, 0.15) is 36.2 Å². The molecule has 2 aliphatic rings. The molecule has 2 aromatic rings. The monoisotopic (exact) mass is 325 g/mol. The first-order valence-electron chi connectivity index (χ1n) is 8.22. The van der Waals surface area contributed by atoms with Crippen molar-refractivity contribution >= 4 is 23.1 Å². The number of fused-ring (bicyclic) bond motifs is 3. The minimum absolute atomic E-state index is 0.117. The summed E-state index contributed by atoms with van der Waals surface area (Å²) in [6.45, 7) is 4.10. The Morgan fingerprint density at radius 2 is 2.04 bits per heavy atom. The van der Waals surface area contributed by atoms with E-state index >= 15 is 0 Å². The molecule has 3 nitrogen and oxygen atoms in total. The normalized spacial score (nSPS) is 19.5. The Morgan fingerprint density at radius 1 is 1.22 bits per heavy atom. The van der Waals surface area contributed by atoms with Gasteiger partial charge in [-0.25, -0.2) is 0 Å². The van der Waals surface area contributed by atoms with Gasteiger partial charge >= 0.3 is 0 Å². The zero-order chi connectivity index (χ0) is 15.8. The first-order valence-corrected chi connectivity index (χ1v) is 8.60. The number of aryl methyl sites for hydroxylation is 1. The number of aliphatic imine (C=N–C) groups is 1. The Labute approximate surface area is 142 Å². The van der Waals surface area contributed by atoms with E-state index in [1.807, 2.05) is 12.1 Å². The van der Waals surface area contributed by atoms with Crippen molar-refractivity contribution in [2.75, 3.05) is 18.4 Å². The summed E-state index contributed by atoms with van der Waals surface area (Å²) < 4.78 is 0. The number of benzene rings is 2. The highest BCUT2D eigenvalue weighted by Crippen LogP contribution is 2.36. The number of halogens is 1. The molecule has 0 unspecified atom stereocenters. The zero-order valence-corrected chi connectivity index (χ0v) is 14.0. The number of hydrogen-bond acceptors (Lipinski definition) is 3. The van der Waals surface area contributed by atoms with Crippen LogP contribution in [0.25, 0.3) is 0 Å². The van der Waals surface area contributed by atoms with Crippen LogP contribution in [-0.2, 0) is 6.42 Å². The highest BCUT2D eigenvalue weighted by molar-refractivity contribution is 6.31. The third-order valence-electron chi connectivity index (χ3n) is 4.62. The molecule has 0 radical (unpaired) electrons. The van der Waals surface area contributed by atoms with Crippen molar-refractivity contribution in [3.63, 3.8) is 0 Å². The van der Waals surface area contributed by atoms with Gasteiger partial charge in [-0.05, 0) is 42.2 Å². The second-order valence-corrected chi connectivity index (χ2v) is 6.52. The summed E-state index contributed by atoms with van der Waals surface area (Å²) in [5.74, 6) is 1.09. The molecule has 0 bridgehead atoms. The molecule has 0 saturated carbocycles. The Kier molecular flexibility index (Phi) is 3.74. The molecule has 0 aromatic heterocycles.